The minimum Gasteiger partial charge on any atom is -0.490 e. The topological polar surface area (TPSA) is 124 Å². The Hall–Kier alpha value is -4.65. The number of benzene rings is 3. The van der Waals surface area contributed by atoms with Gasteiger partial charge < -0.3 is 15.2 Å². The number of carbonyl (C=O) groups is 1. The second kappa shape index (κ2) is 12.9. The number of nitrogens with two attached hydrogens (primary N) is 1. The van der Waals surface area contributed by atoms with Gasteiger partial charge in [0.25, 0.3) is 10.0 Å². The van der Waals surface area contributed by atoms with Gasteiger partial charge in [-0.05, 0) is 66.6 Å². The molecule has 1 heterocycles. The summed E-state index contributed by atoms with van der Waals surface area (Å²) in [5, 5.41) is 5.75. The van der Waals surface area contributed by atoms with Gasteiger partial charge >= 0.3 is 12.1 Å². The van der Waals surface area contributed by atoms with Crippen molar-refractivity contribution in [3.05, 3.63) is 108 Å². The zero-order valence-electron chi connectivity index (χ0n) is 22.4. The van der Waals surface area contributed by atoms with Gasteiger partial charge in [0.2, 0.25) is 5.96 Å². The van der Waals surface area contributed by atoms with Crippen LogP contribution in [0.1, 0.15) is 29.5 Å². The van der Waals surface area contributed by atoms with Crippen LogP contribution in [0.15, 0.2) is 105 Å². The maximum atomic E-state index is 13.1. The lowest BCUT2D eigenvalue weighted by Gasteiger charge is -2.16. The van der Waals surface area contributed by atoms with Crippen LogP contribution in [0.5, 0.6) is 5.75 Å². The largest absolute Gasteiger partial charge is 0.490 e. The van der Waals surface area contributed by atoms with Crippen LogP contribution in [-0.4, -0.2) is 50.8 Å². The highest BCUT2D eigenvalue weighted by molar-refractivity contribution is 7.90. The van der Waals surface area contributed by atoms with E-state index in [0.717, 1.165) is 23.8 Å². The minimum absolute atomic E-state index is 0.143. The Bertz CT molecular complexity index is 1610. The molecule has 1 unspecified atom stereocenters. The van der Waals surface area contributed by atoms with Crippen LogP contribution >= 0.6 is 0 Å². The molecular weight excluding hydrogens is 573 g/mol. The zero-order valence-corrected chi connectivity index (χ0v) is 23.2. The molecule has 0 spiro atoms. The van der Waals surface area contributed by atoms with Crippen molar-refractivity contribution in [3.63, 3.8) is 0 Å². The fraction of sp³-hybridized carbons (Fsp3) is 0.207. The van der Waals surface area contributed by atoms with Gasteiger partial charge in [-0.2, -0.15) is 26.7 Å². The van der Waals surface area contributed by atoms with Crippen molar-refractivity contribution in [2.75, 3.05) is 19.8 Å². The third-order valence-electron chi connectivity index (χ3n) is 6.09. The third-order valence-corrected chi connectivity index (χ3v) is 7.37. The van der Waals surface area contributed by atoms with Gasteiger partial charge in [-0.15, -0.1) is 4.40 Å². The maximum Gasteiger partial charge on any atom is 0.416 e. The Kier molecular flexibility index (Phi) is 9.31. The van der Waals surface area contributed by atoms with Gasteiger partial charge in [0, 0.05) is 12.0 Å². The van der Waals surface area contributed by atoms with Crippen molar-refractivity contribution in [2.45, 2.75) is 23.9 Å². The number of halogens is 3. The monoisotopic (exact) mass is 600 g/mol. The van der Waals surface area contributed by atoms with Crippen molar-refractivity contribution in [3.8, 4) is 5.75 Å². The highest BCUT2D eigenvalue weighted by atomic mass is 32.2. The van der Waals surface area contributed by atoms with E-state index < -0.39 is 38.6 Å². The second-order valence-corrected chi connectivity index (χ2v) is 10.6. The molecular formula is C29H27F3N4O5S. The first kappa shape index (κ1) is 30.3. The number of nitrogens with zero attached hydrogens (tertiary/aromatic N) is 3. The van der Waals surface area contributed by atoms with Crippen LogP contribution in [0.4, 0.5) is 13.2 Å². The molecule has 0 saturated carbocycles. The normalized spacial score (nSPS) is 16.0. The number of guanidine groups is 1. The molecule has 0 aliphatic carbocycles. The summed E-state index contributed by atoms with van der Waals surface area (Å²) in [6.07, 6.45) is -1.91. The smallest absolute Gasteiger partial charge is 0.416 e. The van der Waals surface area contributed by atoms with Crippen LogP contribution in [0.3, 0.4) is 0 Å². The van der Waals surface area contributed by atoms with Crippen LogP contribution in [0, 0.1) is 0 Å². The summed E-state index contributed by atoms with van der Waals surface area (Å²) in [6, 6.07) is 19.6. The van der Waals surface area contributed by atoms with E-state index in [4.69, 9.17) is 15.2 Å². The number of hydrogen-bond donors (Lipinski definition) is 1. The lowest BCUT2D eigenvalue weighted by molar-refractivity contribution is -0.138. The molecule has 0 bridgehead atoms. The summed E-state index contributed by atoms with van der Waals surface area (Å²) in [5.74, 6) is -0.739. The predicted molar refractivity (Wildman–Crippen MR) is 150 cm³/mol. The molecule has 0 saturated heterocycles. The number of ether oxygens (including phenoxy) is 2. The molecule has 3 aromatic rings. The maximum absolute atomic E-state index is 13.1. The summed E-state index contributed by atoms with van der Waals surface area (Å²) in [4.78, 5) is 10.8. The van der Waals surface area contributed by atoms with Crippen molar-refractivity contribution < 1.29 is 35.9 Å². The number of hydrazone groups is 1. The SMILES string of the molecule is CCOC(=O)/C=C/COc1ccc(C2=NN(/C(N)=N/S(=O)(=O)c3cccc(C(F)(F)F)c3)CC2c2ccccc2)cc1. The molecule has 0 aromatic heterocycles. The standard InChI is InChI=1S/C29H27F3N4O5S/c1-2-40-26(37)12-7-17-41-23-15-13-21(14-16-23)27-25(20-8-4-3-5-9-20)19-36(34-27)28(33)35-42(38,39)24-11-6-10-22(18-24)29(30,31)32/h3-16,18,25H,2,17,19H2,1H3,(H2,33,35)/b12-7+. The summed E-state index contributed by atoms with van der Waals surface area (Å²) in [6.45, 7) is 2.28. The van der Waals surface area contributed by atoms with Crippen LogP contribution < -0.4 is 10.5 Å². The molecule has 0 amide bonds. The quantitative estimate of drug-likeness (QED) is 0.163. The van der Waals surface area contributed by atoms with E-state index in [0.29, 0.717) is 23.1 Å². The Morgan fingerprint density at radius 1 is 1.10 bits per heavy atom. The number of sulfonamides is 1. The van der Waals surface area contributed by atoms with Crippen molar-refractivity contribution >= 4 is 27.7 Å². The zero-order chi connectivity index (χ0) is 30.3. The number of esters is 1. The lowest BCUT2D eigenvalue weighted by Crippen LogP contribution is -2.33. The summed E-state index contributed by atoms with van der Waals surface area (Å²) >= 11 is 0. The Morgan fingerprint density at radius 3 is 2.48 bits per heavy atom. The number of carbonyl (C=O) groups excluding carboxylic acids is 1. The van der Waals surface area contributed by atoms with Crippen molar-refractivity contribution in [1.29, 1.82) is 0 Å². The molecule has 4 rings (SSSR count). The second-order valence-electron chi connectivity index (χ2n) is 8.97. The van der Waals surface area contributed by atoms with E-state index in [1.807, 2.05) is 30.3 Å². The van der Waals surface area contributed by atoms with Gasteiger partial charge in [0.05, 0.1) is 29.3 Å². The Morgan fingerprint density at radius 2 is 1.81 bits per heavy atom. The van der Waals surface area contributed by atoms with Gasteiger partial charge in [-0.1, -0.05) is 36.4 Å². The van der Waals surface area contributed by atoms with Gasteiger partial charge in [-0.3, -0.25) is 0 Å². The molecule has 0 fully saturated rings. The van der Waals surface area contributed by atoms with Crippen LogP contribution in [0.25, 0.3) is 0 Å². The molecule has 9 nitrogen and oxygen atoms in total. The van der Waals surface area contributed by atoms with Crippen molar-refractivity contribution in [1.82, 2.24) is 5.01 Å². The third kappa shape index (κ3) is 7.55. The van der Waals surface area contributed by atoms with Crippen LogP contribution in [-0.2, 0) is 25.7 Å². The van der Waals surface area contributed by atoms with Crippen molar-refractivity contribution in [2.24, 2.45) is 15.2 Å². The molecule has 0 radical (unpaired) electrons. The van der Waals surface area contributed by atoms with Crippen LogP contribution in [0.2, 0.25) is 0 Å². The average molecular weight is 601 g/mol. The Labute approximate surface area is 240 Å². The van der Waals surface area contributed by atoms with Gasteiger partial charge in [0.15, 0.2) is 0 Å². The first-order valence-corrected chi connectivity index (χ1v) is 14.2. The van der Waals surface area contributed by atoms with E-state index in [1.165, 1.54) is 17.2 Å². The van der Waals surface area contributed by atoms with Gasteiger partial charge in [0.1, 0.15) is 12.4 Å². The van der Waals surface area contributed by atoms with E-state index in [9.17, 15) is 26.4 Å². The highest BCUT2D eigenvalue weighted by Gasteiger charge is 2.33. The number of hydrogen-bond acceptors (Lipinski definition) is 6. The first-order chi connectivity index (χ1) is 20.0. The summed E-state index contributed by atoms with van der Waals surface area (Å²) in [5.41, 5.74) is 7.09. The van der Waals surface area contributed by atoms with E-state index in [1.54, 1.807) is 31.2 Å². The number of alkyl halides is 3. The molecule has 3 aromatic carbocycles. The molecule has 42 heavy (non-hydrogen) atoms. The van der Waals surface area contributed by atoms with Gasteiger partial charge in [-0.25, -0.2) is 9.80 Å². The molecule has 1 atom stereocenters. The lowest BCUT2D eigenvalue weighted by atomic mass is 9.90. The minimum atomic E-state index is -4.72. The molecule has 220 valence electrons. The van der Waals surface area contributed by atoms with E-state index in [-0.39, 0.29) is 25.7 Å². The average Bonchev–Trinajstić information content (AvgIpc) is 3.42. The number of rotatable bonds is 9. The first-order valence-electron chi connectivity index (χ1n) is 12.7. The summed E-state index contributed by atoms with van der Waals surface area (Å²) in [7, 11) is -4.57. The molecule has 1 aliphatic rings. The fourth-order valence-electron chi connectivity index (χ4n) is 4.11. The molecule has 13 heteroatoms. The summed E-state index contributed by atoms with van der Waals surface area (Å²) < 4.78 is 79.1. The Balaban J connectivity index is 1.58. The highest BCUT2D eigenvalue weighted by Crippen LogP contribution is 2.32. The molecule has 2 N–H and O–H groups in total. The predicted octanol–water partition coefficient (Wildman–Crippen LogP) is 4.71. The molecule has 1 aliphatic heterocycles. The van der Waals surface area contributed by atoms with E-state index >= 15 is 0 Å². The van der Waals surface area contributed by atoms with E-state index in [2.05, 4.69) is 9.50 Å². The fourth-order valence-corrected chi connectivity index (χ4v) is 5.08.